The van der Waals surface area contributed by atoms with Gasteiger partial charge in [0.25, 0.3) is 11.8 Å². The summed E-state index contributed by atoms with van der Waals surface area (Å²) in [5.74, 6) is -1.27. The van der Waals surface area contributed by atoms with E-state index in [4.69, 9.17) is 11.6 Å². The summed E-state index contributed by atoms with van der Waals surface area (Å²) < 4.78 is 2.03. The Hall–Kier alpha value is -2.86. The van der Waals surface area contributed by atoms with Crippen LogP contribution in [0, 0.1) is 20.8 Å². The van der Waals surface area contributed by atoms with Crippen molar-refractivity contribution in [1.29, 1.82) is 0 Å². The second-order valence-electron chi connectivity index (χ2n) is 6.41. The average Bonchev–Trinajstić information content (AvgIpc) is 2.88. The Morgan fingerprint density at radius 3 is 2.52 bits per heavy atom. The van der Waals surface area contributed by atoms with Crippen molar-refractivity contribution < 1.29 is 14.4 Å². The molecule has 6 nitrogen and oxygen atoms in total. The number of nitrogens with one attached hydrogen (secondary N) is 1. The van der Waals surface area contributed by atoms with Gasteiger partial charge in [-0.05, 0) is 63.1 Å². The molecule has 1 aromatic heterocycles. The summed E-state index contributed by atoms with van der Waals surface area (Å²) >= 11 is 6.25. The molecule has 27 heavy (non-hydrogen) atoms. The highest BCUT2D eigenvalue weighted by atomic mass is 35.5. The predicted molar refractivity (Wildman–Crippen MR) is 104 cm³/mol. The summed E-state index contributed by atoms with van der Waals surface area (Å²) in [7, 11) is 0. The number of aromatic nitrogens is 1. The quantitative estimate of drug-likeness (QED) is 0.648. The molecular formula is C20H20ClN3O3. The lowest BCUT2D eigenvalue weighted by molar-refractivity contribution is -0.129. The number of amides is 4. The van der Waals surface area contributed by atoms with Crippen LogP contribution in [0.4, 0.5) is 4.79 Å². The zero-order valence-corrected chi connectivity index (χ0v) is 16.3. The van der Waals surface area contributed by atoms with E-state index < -0.39 is 17.8 Å². The van der Waals surface area contributed by atoms with Gasteiger partial charge in [-0.1, -0.05) is 17.7 Å². The van der Waals surface area contributed by atoms with E-state index in [9.17, 15) is 14.4 Å². The van der Waals surface area contributed by atoms with Gasteiger partial charge >= 0.3 is 6.03 Å². The van der Waals surface area contributed by atoms with E-state index in [1.54, 1.807) is 6.92 Å². The van der Waals surface area contributed by atoms with Gasteiger partial charge in [0.2, 0.25) is 0 Å². The zero-order valence-electron chi connectivity index (χ0n) is 15.6. The molecule has 0 saturated carbocycles. The summed E-state index contributed by atoms with van der Waals surface area (Å²) in [6.45, 7) is 7.67. The highest BCUT2D eigenvalue weighted by molar-refractivity contribution is 6.31. The van der Waals surface area contributed by atoms with Crippen LogP contribution in [0.1, 0.15) is 29.4 Å². The molecule has 0 bridgehead atoms. The fourth-order valence-corrected chi connectivity index (χ4v) is 3.45. The van der Waals surface area contributed by atoms with Crippen molar-refractivity contribution in [2.24, 2.45) is 0 Å². The molecule has 1 saturated heterocycles. The average molecular weight is 386 g/mol. The monoisotopic (exact) mass is 385 g/mol. The lowest BCUT2D eigenvalue weighted by Gasteiger charge is -2.24. The first-order valence-electron chi connectivity index (χ1n) is 8.59. The maximum atomic E-state index is 12.5. The molecule has 0 atom stereocenters. The van der Waals surface area contributed by atoms with Crippen molar-refractivity contribution in [1.82, 2.24) is 14.8 Å². The van der Waals surface area contributed by atoms with E-state index in [1.165, 1.54) is 6.08 Å². The number of carbonyl (C=O) groups is 3. The number of aryl methyl sites for hydroxylation is 1. The lowest BCUT2D eigenvalue weighted by Crippen LogP contribution is -2.53. The maximum Gasteiger partial charge on any atom is 0.331 e. The largest absolute Gasteiger partial charge is 0.331 e. The minimum absolute atomic E-state index is 0.0560. The van der Waals surface area contributed by atoms with Crippen molar-refractivity contribution in [2.75, 3.05) is 6.54 Å². The van der Waals surface area contributed by atoms with Gasteiger partial charge in [-0.3, -0.25) is 19.8 Å². The number of likely N-dealkylation sites (N-methyl/N-ethyl adjacent to an activating group) is 1. The summed E-state index contributed by atoms with van der Waals surface area (Å²) in [4.78, 5) is 37.4. The van der Waals surface area contributed by atoms with Crippen LogP contribution in [0.15, 0.2) is 29.8 Å². The molecule has 1 aromatic carbocycles. The third-order valence-corrected chi connectivity index (χ3v) is 5.16. The fraction of sp³-hybridized carbons (Fsp3) is 0.250. The number of carbonyl (C=O) groups excluding carboxylic acids is 3. The highest BCUT2D eigenvalue weighted by Crippen LogP contribution is 2.28. The Morgan fingerprint density at radius 2 is 1.85 bits per heavy atom. The van der Waals surface area contributed by atoms with Crippen LogP contribution in [-0.2, 0) is 9.59 Å². The van der Waals surface area contributed by atoms with E-state index >= 15 is 0 Å². The normalized spacial score (nSPS) is 16.3. The lowest BCUT2D eigenvalue weighted by atomic mass is 10.1. The second kappa shape index (κ2) is 7.04. The number of urea groups is 1. The molecule has 140 valence electrons. The third kappa shape index (κ3) is 3.17. The van der Waals surface area contributed by atoms with Gasteiger partial charge < -0.3 is 4.57 Å². The SMILES string of the molecule is CCN1C(=O)NC(=O)/C(=C\c2cc(C)n(-c3cccc(Cl)c3C)c2C)C1=O. The van der Waals surface area contributed by atoms with E-state index in [0.717, 1.165) is 33.1 Å². The van der Waals surface area contributed by atoms with Gasteiger partial charge in [0.05, 0.1) is 0 Å². The van der Waals surface area contributed by atoms with E-state index in [0.29, 0.717) is 5.02 Å². The molecule has 1 N–H and O–H groups in total. The predicted octanol–water partition coefficient (Wildman–Crippen LogP) is 3.54. The zero-order chi connectivity index (χ0) is 19.9. The molecule has 0 aliphatic carbocycles. The van der Waals surface area contributed by atoms with Crippen LogP contribution in [0.25, 0.3) is 11.8 Å². The van der Waals surface area contributed by atoms with Crippen LogP contribution >= 0.6 is 11.6 Å². The number of nitrogens with zero attached hydrogens (tertiary/aromatic N) is 2. The highest BCUT2D eigenvalue weighted by Gasteiger charge is 2.34. The molecule has 2 aromatic rings. The third-order valence-electron chi connectivity index (χ3n) is 4.75. The van der Waals surface area contributed by atoms with Crippen molar-refractivity contribution >= 4 is 35.5 Å². The smallest absolute Gasteiger partial charge is 0.318 e. The Kier molecular flexibility index (Phi) is 4.93. The molecule has 0 radical (unpaired) electrons. The number of hydrogen-bond donors (Lipinski definition) is 1. The van der Waals surface area contributed by atoms with Crippen LogP contribution in [0.3, 0.4) is 0 Å². The molecule has 0 spiro atoms. The molecule has 3 rings (SSSR count). The molecule has 1 aliphatic heterocycles. The molecular weight excluding hydrogens is 366 g/mol. The molecule has 7 heteroatoms. The maximum absolute atomic E-state index is 12.5. The summed E-state index contributed by atoms with van der Waals surface area (Å²) in [6, 6.07) is 6.89. The first-order chi connectivity index (χ1) is 12.8. The minimum Gasteiger partial charge on any atom is -0.318 e. The molecule has 4 amide bonds. The fourth-order valence-electron chi connectivity index (χ4n) is 3.28. The minimum atomic E-state index is -0.690. The van der Waals surface area contributed by atoms with Crippen LogP contribution in [0.2, 0.25) is 5.02 Å². The van der Waals surface area contributed by atoms with Gasteiger partial charge in [-0.15, -0.1) is 0 Å². The van der Waals surface area contributed by atoms with E-state index in [1.807, 2.05) is 49.6 Å². The van der Waals surface area contributed by atoms with Gasteiger partial charge in [-0.25, -0.2) is 4.79 Å². The Balaban J connectivity index is 2.11. The Labute approximate surface area is 162 Å². The number of benzene rings is 1. The molecule has 1 aliphatic rings. The van der Waals surface area contributed by atoms with Gasteiger partial charge in [0, 0.05) is 28.6 Å². The van der Waals surface area contributed by atoms with Crippen molar-refractivity contribution in [3.05, 3.63) is 57.4 Å². The molecule has 1 fully saturated rings. The van der Waals surface area contributed by atoms with Gasteiger partial charge in [-0.2, -0.15) is 0 Å². The van der Waals surface area contributed by atoms with Crippen molar-refractivity contribution in [3.63, 3.8) is 0 Å². The van der Waals surface area contributed by atoms with E-state index in [2.05, 4.69) is 5.32 Å². The number of imide groups is 2. The second-order valence-corrected chi connectivity index (χ2v) is 6.82. The topological polar surface area (TPSA) is 71.4 Å². The van der Waals surface area contributed by atoms with E-state index in [-0.39, 0.29) is 12.1 Å². The number of rotatable bonds is 3. The van der Waals surface area contributed by atoms with Gasteiger partial charge in [0.15, 0.2) is 0 Å². The summed E-state index contributed by atoms with van der Waals surface area (Å²) in [5, 5.41) is 2.87. The number of barbiturate groups is 1. The van der Waals surface area contributed by atoms with Crippen LogP contribution < -0.4 is 5.32 Å². The summed E-state index contributed by atoms with van der Waals surface area (Å²) in [5.41, 5.74) is 4.36. The summed E-state index contributed by atoms with van der Waals surface area (Å²) in [6.07, 6.45) is 1.53. The Morgan fingerprint density at radius 1 is 1.15 bits per heavy atom. The van der Waals surface area contributed by atoms with Gasteiger partial charge in [0.1, 0.15) is 5.57 Å². The Bertz CT molecular complexity index is 1000. The first kappa shape index (κ1) is 18.9. The first-order valence-corrected chi connectivity index (χ1v) is 8.97. The molecule has 2 heterocycles. The molecule has 0 unspecified atom stereocenters. The number of hydrogen-bond acceptors (Lipinski definition) is 3. The number of halogens is 1. The van der Waals surface area contributed by atoms with Crippen LogP contribution in [0.5, 0.6) is 0 Å². The van der Waals surface area contributed by atoms with Crippen LogP contribution in [-0.4, -0.2) is 33.9 Å². The van der Waals surface area contributed by atoms with Crippen molar-refractivity contribution in [2.45, 2.75) is 27.7 Å². The standard InChI is InChI=1S/C20H20ClN3O3/c1-5-23-19(26)15(18(25)22-20(23)27)10-14-9-11(2)24(13(14)4)17-8-6-7-16(21)12(17)3/h6-10H,5H2,1-4H3,(H,22,25,27)/b15-10+. The van der Waals surface area contributed by atoms with Crippen molar-refractivity contribution in [3.8, 4) is 5.69 Å².